The Labute approximate surface area is 154 Å². The number of nitrogens with zero attached hydrogens (tertiary/aromatic N) is 2. The highest BCUT2D eigenvalue weighted by Crippen LogP contribution is 2.21. The molecule has 0 saturated heterocycles. The van der Waals surface area contributed by atoms with E-state index < -0.39 is 10.0 Å². The number of aromatic nitrogens is 1. The molecule has 1 aromatic heterocycles. The summed E-state index contributed by atoms with van der Waals surface area (Å²) in [4.78, 5) is 8.21. The summed E-state index contributed by atoms with van der Waals surface area (Å²) in [5.41, 5.74) is 10.5. The second kappa shape index (κ2) is 10.2. The number of rotatable bonds is 9. The molecule has 25 heavy (non-hydrogen) atoms. The minimum Gasteiger partial charge on any atom is -0.370 e. The summed E-state index contributed by atoms with van der Waals surface area (Å²) in [7, 11) is -3.53. The van der Waals surface area contributed by atoms with Gasteiger partial charge in [0.15, 0.2) is 5.96 Å². The zero-order valence-electron chi connectivity index (χ0n) is 13.9. The predicted octanol–water partition coefficient (Wildman–Crippen LogP) is 1.77. The van der Waals surface area contributed by atoms with Gasteiger partial charge in [-0.15, -0.1) is 12.4 Å². The van der Waals surface area contributed by atoms with Gasteiger partial charge in [-0.25, -0.2) is 13.1 Å². The molecular weight excluding hydrogens is 362 g/mol. The van der Waals surface area contributed by atoms with Crippen LogP contribution in [0, 0.1) is 0 Å². The summed E-state index contributed by atoms with van der Waals surface area (Å²) in [5, 5.41) is 1.48. The Bertz CT molecular complexity index is 802. The average Bonchev–Trinajstić information content (AvgIpc) is 2.56. The Kier molecular flexibility index (Phi) is 8.60. The zero-order chi connectivity index (χ0) is 17.4. The van der Waals surface area contributed by atoms with E-state index in [2.05, 4.69) is 14.7 Å². The fraction of sp³-hybridized carbons (Fsp3) is 0.375. The Hall–Kier alpha value is -1.90. The zero-order valence-corrected chi connectivity index (χ0v) is 15.5. The lowest BCUT2D eigenvalue weighted by atomic mass is 10.2. The lowest BCUT2D eigenvalue weighted by molar-refractivity contribution is 0.573. The van der Waals surface area contributed by atoms with Crippen LogP contribution in [0.4, 0.5) is 0 Å². The van der Waals surface area contributed by atoms with E-state index >= 15 is 0 Å². The minimum atomic E-state index is -3.53. The van der Waals surface area contributed by atoms with Gasteiger partial charge in [-0.2, -0.15) is 0 Å². The SMILES string of the molecule is Cl.NC(N)=NCCCCCCNS(=O)(=O)c1cccc2cnccc12. The highest BCUT2D eigenvalue weighted by molar-refractivity contribution is 7.89. The number of halogens is 1. The molecule has 0 atom stereocenters. The molecule has 0 unspecified atom stereocenters. The third-order valence-electron chi connectivity index (χ3n) is 3.60. The predicted molar refractivity (Wildman–Crippen MR) is 103 cm³/mol. The van der Waals surface area contributed by atoms with Crippen LogP contribution in [-0.4, -0.2) is 32.5 Å². The molecular formula is C16H24ClN5O2S. The summed E-state index contributed by atoms with van der Waals surface area (Å²) < 4.78 is 27.6. The molecule has 0 aliphatic carbocycles. The third kappa shape index (κ3) is 6.49. The largest absolute Gasteiger partial charge is 0.370 e. The van der Waals surface area contributed by atoms with Crippen LogP contribution in [0.1, 0.15) is 25.7 Å². The monoisotopic (exact) mass is 385 g/mol. The van der Waals surface area contributed by atoms with Crippen LogP contribution in [0.25, 0.3) is 10.8 Å². The van der Waals surface area contributed by atoms with E-state index in [9.17, 15) is 8.42 Å². The molecule has 2 rings (SSSR count). The highest BCUT2D eigenvalue weighted by atomic mass is 35.5. The number of hydrogen-bond acceptors (Lipinski definition) is 4. The maximum Gasteiger partial charge on any atom is 0.241 e. The van der Waals surface area contributed by atoms with Crippen molar-refractivity contribution in [2.75, 3.05) is 13.1 Å². The van der Waals surface area contributed by atoms with Crippen LogP contribution in [0.5, 0.6) is 0 Å². The van der Waals surface area contributed by atoms with E-state index in [4.69, 9.17) is 11.5 Å². The van der Waals surface area contributed by atoms with Gasteiger partial charge in [-0.05, 0) is 25.0 Å². The van der Waals surface area contributed by atoms with Gasteiger partial charge >= 0.3 is 0 Å². The van der Waals surface area contributed by atoms with Crippen molar-refractivity contribution in [2.45, 2.75) is 30.6 Å². The first-order valence-electron chi connectivity index (χ1n) is 7.88. The van der Waals surface area contributed by atoms with Crippen molar-refractivity contribution in [3.63, 3.8) is 0 Å². The van der Waals surface area contributed by atoms with Crippen LogP contribution in [0.3, 0.4) is 0 Å². The Morgan fingerprint density at radius 3 is 2.64 bits per heavy atom. The first kappa shape index (κ1) is 21.1. The molecule has 1 aromatic carbocycles. The van der Waals surface area contributed by atoms with Crippen LogP contribution < -0.4 is 16.2 Å². The molecule has 5 N–H and O–H groups in total. The standard InChI is InChI=1S/C16H23N5O2S.ClH/c17-16(18)20-9-3-1-2-4-10-21-24(22,23)15-7-5-6-13-12-19-11-8-14(13)15;/h5-8,11-12,21H,1-4,9-10H2,(H4,17,18,20);1H. The number of nitrogens with two attached hydrogens (primary N) is 2. The molecule has 0 spiro atoms. The second-order valence-electron chi connectivity index (χ2n) is 5.47. The van der Waals surface area contributed by atoms with Crippen molar-refractivity contribution in [1.29, 1.82) is 0 Å². The number of sulfonamides is 1. The normalized spacial score (nSPS) is 11.0. The summed E-state index contributed by atoms with van der Waals surface area (Å²) in [6.45, 7) is 1.02. The molecule has 0 bridgehead atoms. The smallest absolute Gasteiger partial charge is 0.241 e. The molecule has 0 saturated carbocycles. The van der Waals surface area contributed by atoms with Crippen molar-refractivity contribution in [2.24, 2.45) is 16.5 Å². The number of nitrogens with one attached hydrogen (secondary N) is 1. The highest BCUT2D eigenvalue weighted by Gasteiger charge is 2.16. The van der Waals surface area contributed by atoms with E-state index in [-0.39, 0.29) is 23.3 Å². The van der Waals surface area contributed by atoms with Gasteiger partial charge in [0.25, 0.3) is 0 Å². The molecule has 1 heterocycles. The molecule has 7 nitrogen and oxygen atoms in total. The van der Waals surface area contributed by atoms with Crippen molar-refractivity contribution in [3.05, 3.63) is 36.7 Å². The van der Waals surface area contributed by atoms with Crippen LogP contribution in [0.15, 0.2) is 46.5 Å². The number of guanidine groups is 1. The average molecular weight is 386 g/mol. The van der Waals surface area contributed by atoms with Gasteiger partial charge in [-0.3, -0.25) is 9.98 Å². The molecule has 9 heteroatoms. The Morgan fingerprint density at radius 1 is 1.12 bits per heavy atom. The molecule has 2 aromatic rings. The number of benzene rings is 1. The molecule has 0 fully saturated rings. The third-order valence-corrected chi connectivity index (χ3v) is 5.12. The summed E-state index contributed by atoms with van der Waals surface area (Å²) >= 11 is 0. The van der Waals surface area contributed by atoms with Gasteiger partial charge < -0.3 is 11.5 Å². The Morgan fingerprint density at radius 2 is 1.88 bits per heavy atom. The van der Waals surface area contributed by atoms with Crippen LogP contribution in [-0.2, 0) is 10.0 Å². The number of unbranched alkanes of at least 4 members (excludes halogenated alkanes) is 3. The van der Waals surface area contributed by atoms with E-state index in [0.717, 1.165) is 31.1 Å². The number of fused-ring (bicyclic) bond motifs is 1. The lowest BCUT2D eigenvalue weighted by Crippen LogP contribution is -2.25. The number of hydrogen-bond donors (Lipinski definition) is 3. The fourth-order valence-corrected chi connectivity index (χ4v) is 3.71. The fourth-order valence-electron chi connectivity index (χ4n) is 2.41. The van der Waals surface area contributed by atoms with E-state index in [1.807, 2.05) is 6.07 Å². The molecule has 0 amide bonds. The van der Waals surface area contributed by atoms with Crippen LogP contribution in [0.2, 0.25) is 0 Å². The summed E-state index contributed by atoms with van der Waals surface area (Å²) in [5.74, 6) is 0.105. The van der Waals surface area contributed by atoms with Gasteiger partial charge in [0.2, 0.25) is 10.0 Å². The van der Waals surface area contributed by atoms with Crippen molar-refractivity contribution in [3.8, 4) is 0 Å². The quantitative estimate of drug-likeness (QED) is 0.344. The molecule has 0 radical (unpaired) electrons. The van der Waals surface area contributed by atoms with E-state index in [1.165, 1.54) is 0 Å². The second-order valence-corrected chi connectivity index (χ2v) is 7.21. The van der Waals surface area contributed by atoms with Crippen molar-refractivity contribution >= 4 is 39.2 Å². The van der Waals surface area contributed by atoms with Gasteiger partial charge in [0.05, 0.1) is 4.90 Å². The van der Waals surface area contributed by atoms with Crippen molar-refractivity contribution in [1.82, 2.24) is 9.71 Å². The molecule has 0 aliphatic heterocycles. The summed E-state index contributed by atoms with van der Waals surface area (Å²) in [6, 6.07) is 6.90. The van der Waals surface area contributed by atoms with E-state index in [1.54, 1.807) is 30.6 Å². The van der Waals surface area contributed by atoms with E-state index in [0.29, 0.717) is 18.5 Å². The van der Waals surface area contributed by atoms with Crippen LogP contribution >= 0.6 is 12.4 Å². The molecule has 0 aliphatic rings. The summed E-state index contributed by atoms with van der Waals surface area (Å²) in [6.07, 6.45) is 6.79. The van der Waals surface area contributed by atoms with Gasteiger partial charge in [0, 0.05) is 36.3 Å². The van der Waals surface area contributed by atoms with Gasteiger partial charge in [-0.1, -0.05) is 25.0 Å². The van der Waals surface area contributed by atoms with Crippen molar-refractivity contribution < 1.29 is 8.42 Å². The maximum atomic E-state index is 12.5. The molecule has 138 valence electrons. The topological polar surface area (TPSA) is 123 Å². The Balaban J connectivity index is 0.00000312. The first-order valence-corrected chi connectivity index (χ1v) is 9.37. The van der Waals surface area contributed by atoms with Gasteiger partial charge in [0.1, 0.15) is 0 Å². The first-order chi connectivity index (χ1) is 11.5. The minimum absolute atomic E-state index is 0. The number of pyridine rings is 1. The lowest BCUT2D eigenvalue weighted by Gasteiger charge is -2.09. The number of aliphatic imine (C=N–C) groups is 1. The maximum absolute atomic E-state index is 12.5.